The SMILES string of the molecule is Cc1cc(S(=O)(=O)NCCn2ccnn2)cc(N)c1C. The molecule has 0 atom stereocenters. The fourth-order valence-electron chi connectivity index (χ4n) is 1.74. The fourth-order valence-corrected chi connectivity index (χ4v) is 2.88. The summed E-state index contributed by atoms with van der Waals surface area (Å²) in [7, 11) is -3.57. The molecule has 108 valence electrons. The molecule has 1 heterocycles. The zero-order valence-corrected chi connectivity index (χ0v) is 12.2. The normalized spacial score (nSPS) is 11.7. The van der Waals surface area contributed by atoms with Crippen LogP contribution in [0.1, 0.15) is 11.1 Å². The summed E-state index contributed by atoms with van der Waals surface area (Å²) in [4.78, 5) is 0.177. The summed E-state index contributed by atoms with van der Waals surface area (Å²) < 4.78 is 28.4. The van der Waals surface area contributed by atoms with E-state index in [0.29, 0.717) is 12.2 Å². The minimum atomic E-state index is -3.57. The largest absolute Gasteiger partial charge is 0.398 e. The predicted molar refractivity (Wildman–Crippen MR) is 75.5 cm³/mol. The first-order valence-electron chi connectivity index (χ1n) is 6.10. The smallest absolute Gasteiger partial charge is 0.240 e. The van der Waals surface area contributed by atoms with Crippen molar-refractivity contribution in [3.8, 4) is 0 Å². The van der Waals surface area contributed by atoms with Gasteiger partial charge in [0.1, 0.15) is 0 Å². The van der Waals surface area contributed by atoms with E-state index < -0.39 is 10.0 Å². The summed E-state index contributed by atoms with van der Waals surface area (Å²) in [6, 6.07) is 3.09. The van der Waals surface area contributed by atoms with Crippen LogP contribution in [0.3, 0.4) is 0 Å². The lowest BCUT2D eigenvalue weighted by Gasteiger charge is -2.10. The highest BCUT2D eigenvalue weighted by atomic mass is 32.2. The second-order valence-corrected chi connectivity index (χ2v) is 6.29. The third-order valence-corrected chi connectivity index (χ3v) is 4.54. The molecule has 7 nitrogen and oxygen atoms in total. The van der Waals surface area contributed by atoms with Crippen molar-refractivity contribution >= 4 is 15.7 Å². The molecule has 0 spiro atoms. The summed E-state index contributed by atoms with van der Waals surface area (Å²) >= 11 is 0. The molecule has 0 aliphatic heterocycles. The van der Waals surface area contributed by atoms with Crippen LogP contribution in [0.15, 0.2) is 29.4 Å². The van der Waals surface area contributed by atoms with Gasteiger partial charge >= 0.3 is 0 Å². The van der Waals surface area contributed by atoms with E-state index in [-0.39, 0.29) is 11.4 Å². The van der Waals surface area contributed by atoms with Gasteiger partial charge in [-0.25, -0.2) is 13.1 Å². The average Bonchev–Trinajstić information content (AvgIpc) is 2.88. The van der Waals surface area contributed by atoms with Gasteiger partial charge in [0.2, 0.25) is 10.0 Å². The number of hydrogen-bond acceptors (Lipinski definition) is 5. The second-order valence-electron chi connectivity index (χ2n) is 4.52. The molecule has 1 aromatic heterocycles. The summed E-state index contributed by atoms with van der Waals surface area (Å²) in [5.74, 6) is 0. The lowest BCUT2D eigenvalue weighted by molar-refractivity contribution is 0.553. The molecule has 0 bridgehead atoms. The minimum Gasteiger partial charge on any atom is -0.398 e. The summed E-state index contributed by atoms with van der Waals surface area (Å²) in [6.45, 7) is 4.34. The Balaban J connectivity index is 2.10. The van der Waals surface area contributed by atoms with Crippen molar-refractivity contribution in [1.29, 1.82) is 0 Å². The van der Waals surface area contributed by atoms with Gasteiger partial charge in [0, 0.05) is 18.4 Å². The van der Waals surface area contributed by atoms with Crippen molar-refractivity contribution in [2.75, 3.05) is 12.3 Å². The van der Waals surface area contributed by atoms with Crippen molar-refractivity contribution in [2.45, 2.75) is 25.3 Å². The number of nitrogens with one attached hydrogen (secondary N) is 1. The Bertz CT molecular complexity index is 672. The number of aromatic nitrogens is 3. The quantitative estimate of drug-likeness (QED) is 0.780. The van der Waals surface area contributed by atoms with Crippen LogP contribution in [0.5, 0.6) is 0 Å². The second kappa shape index (κ2) is 5.59. The van der Waals surface area contributed by atoms with E-state index in [0.717, 1.165) is 11.1 Å². The zero-order chi connectivity index (χ0) is 14.8. The van der Waals surface area contributed by atoms with E-state index in [1.54, 1.807) is 23.1 Å². The van der Waals surface area contributed by atoms with Gasteiger partial charge in [-0.3, -0.25) is 4.68 Å². The lowest BCUT2D eigenvalue weighted by Crippen LogP contribution is -2.27. The molecule has 0 fully saturated rings. The predicted octanol–water partition coefficient (Wildman–Crippen LogP) is 0.456. The molecule has 0 aliphatic rings. The number of nitrogens with two attached hydrogens (primary N) is 1. The van der Waals surface area contributed by atoms with Crippen LogP contribution in [0.4, 0.5) is 5.69 Å². The molecule has 0 aliphatic carbocycles. The monoisotopic (exact) mass is 295 g/mol. The fraction of sp³-hybridized carbons (Fsp3) is 0.333. The Morgan fingerprint density at radius 3 is 2.70 bits per heavy atom. The van der Waals surface area contributed by atoms with Crippen molar-refractivity contribution in [1.82, 2.24) is 19.7 Å². The molecule has 0 radical (unpaired) electrons. The maximum atomic E-state index is 12.2. The lowest BCUT2D eigenvalue weighted by atomic mass is 10.1. The van der Waals surface area contributed by atoms with E-state index in [9.17, 15) is 8.42 Å². The van der Waals surface area contributed by atoms with Gasteiger partial charge in [0.25, 0.3) is 0 Å². The van der Waals surface area contributed by atoms with Crippen molar-refractivity contribution in [3.05, 3.63) is 35.7 Å². The Morgan fingerprint density at radius 1 is 1.35 bits per heavy atom. The number of nitrogens with zero attached hydrogens (tertiary/aromatic N) is 3. The van der Waals surface area contributed by atoms with Crippen LogP contribution in [0, 0.1) is 13.8 Å². The number of nitrogen functional groups attached to an aromatic ring is 1. The molecular formula is C12H17N5O2S. The van der Waals surface area contributed by atoms with Crippen LogP contribution in [-0.2, 0) is 16.6 Å². The molecule has 1 aromatic carbocycles. The first-order valence-corrected chi connectivity index (χ1v) is 7.59. The van der Waals surface area contributed by atoms with Crippen LogP contribution in [0.2, 0.25) is 0 Å². The van der Waals surface area contributed by atoms with Gasteiger partial charge in [-0.2, -0.15) is 0 Å². The zero-order valence-electron chi connectivity index (χ0n) is 11.4. The molecule has 8 heteroatoms. The first kappa shape index (κ1) is 14.5. The van der Waals surface area contributed by atoms with Crippen molar-refractivity contribution < 1.29 is 8.42 Å². The highest BCUT2D eigenvalue weighted by molar-refractivity contribution is 7.89. The van der Waals surface area contributed by atoms with Gasteiger partial charge in [-0.15, -0.1) is 5.10 Å². The number of hydrogen-bond donors (Lipinski definition) is 2. The van der Waals surface area contributed by atoms with E-state index in [1.165, 1.54) is 6.07 Å². The Labute approximate surface area is 117 Å². The Hall–Kier alpha value is -1.93. The van der Waals surface area contributed by atoms with Gasteiger partial charge in [0.15, 0.2) is 0 Å². The number of rotatable bonds is 5. The van der Waals surface area contributed by atoms with E-state index in [4.69, 9.17) is 5.73 Å². The highest BCUT2D eigenvalue weighted by Gasteiger charge is 2.15. The number of anilines is 1. The first-order chi connectivity index (χ1) is 9.40. The standard InChI is InChI=1S/C12H17N5O2S/c1-9-7-11(8-12(13)10(9)2)20(18,19)15-4-6-17-5-3-14-16-17/h3,5,7-8,15H,4,6,13H2,1-2H3. The third-order valence-electron chi connectivity index (χ3n) is 3.10. The highest BCUT2D eigenvalue weighted by Crippen LogP contribution is 2.21. The van der Waals surface area contributed by atoms with E-state index in [2.05, 4.69) is 15.0 Å². The molecular weight excluding hydrogens is 278 g/mol. The number of sulfonamides is 1. The third kappa shape index (κ3) is 3.14. The number of aryl methyl sites for hydroxylation is 1. The van der Waals surface area contributed by atoms with Crippen LogP contribution < -0.4 is 10.5 Å². The van der Waals surface area contributed by atoms with Gasteiger partial charge in [0.05, 0.1) is 17.6 Å². The maximum Gasteiger partial charge on any atom is 0.240 e. The molecule has 0 saturated heterocycles. The molecule has 0 unspecified atom stereocenters. The van der Waals surface area contributed by atoms with Crippen molar-refractivity contribution in [3.63, 3.8) is 0 Å². The van der Waals surface area contributed by atoms with Gasteiger partial charge < -0.3 is 5.73 Å². The Kier molecular flexibility index (Phi) is 4.05. The maximum absolute atomic E-state index is 12.2. The van der Waals surface area contributed by atoms with Crippen LogP contribution >= 0.6 is 0 Å². The molecule has 3 N–H and O–H groups in total. The summed E-state index contributed by atoms with van der Waals surface area (Å²) in [6.07, 6.45) is 3.21. The summed E-state index contributed by atoms with van der Waals surface area (Å²) in [5, 5.41) is 7.41. The Morgan fingerprint density at radius 2 is 2.10 bits per heavy atom. The molecule has 2 rings (SSSR count). The van der Waals surface area contributed by atoms with Crippen LogP contribution in [-0.4, -0.2) is 30.0 Å². The molecule has 2 aromatic rings. The number of benzene rings is 1. The molecule has 20 heavy (non-hydrogen) atoms. The summed E-state index contributed by atoms with van der Waals surface area (Å²) in [5.41, 5.74) is 8.03. The van der Waals surface area contributed by atoms with E-state index in [1.807, 2.05) is 13.8 Å². The van der Waals surface area contributed by atoms with Crippen molar-refractivity contribution in [2.24, 2.45) is 0 Å². The van der Waals surface area contributed by atoms with Gasteiger partial charge in [-0.1, -0.05) is 5.21 Å². The van der Waals surface area contributed by atoms with E-state index >= 15 is 0 Å². The average molecular weight is 295 g/mol. The molecule has 0 saturated carbocycles. The minimum absolute atomic E-state index is 0.177. The van der Waals surface area contributed by atoms with Gasteiger partial charge in [-0.05, 0) is 37.1 Å². The topological polar surface area (TPSA) is 103 Å². The molecule has 0 amide bonds. The van der Waals surface area contributed by atoms with Crippen LogP contribution in [0.25, 0.3) is 0 Å².